The molecule has 0 aromatic rings. The zero-order chi connectivity index (χ0) is 14.3. The number of piperidine rings is 1. The molecular formula is C15H29N3O. The van der Waals surface area contributed by atoms with Crippen molar-refractivity contribution in [3.8, 4) is 0 Å². The first-order chi connectivity index (χ1) is 8.68. The van der Waals surface area contributed by atoms with E-state index in [4.69, 9.17) is 5.73 Å². The molecule has 0 spiro atoms. The monoisotopic (exact) mass is 267 g/mol. The van der Waals surface area contributed by atoms with E-state index in [1.54, 1.807) is 0 Å². The average molecular weight is 267 g/mol. The summed E-state index contributed by atoms with van der Waals surface area (Å²) in [5.41, 5.74) is 5.67. The van der Waals surface area contributed by atoms with Crippen LogP contribution in [0.4, 0.5) is 0 Å². The number of carbonyl (C=O) groups is 1. The predicted molar refractivity (Wildman–Crippen MR) is 77.8 cm³/mol. The van der Waals surface area contributed by atoms with E-state index in [1.165, 1.54) is 0 Å². The van der Waals surface area contributed by atoms with Gasteiger partial charge in [-0.15, -0.1) is 0 Å². The smallest absolute Gasteiger partial charge is 0.227 e. The fraction of sp³-hybridized carbons (Fsp3) is 0.933. The Labute approximate surface area is 116 Å². The summed E-state index contributed by atoms with van der Waals surface area (Å²) < 4.78 is 0. The Bertz CT molecular complexity index is 337. The zero-order valence-corrected chi connectivity index (χ0v) is 12.8. The lowest BCUT2D eigenvalue weighted by Crippen LogP contribution is -2.63. The SMILES string of the molecule is CC1(C)CC(NC(=O)C2(CN)CCC2)CC(C)(C)N1. The van der Waals surface area contributed by atoms with Crippen LogP contribution in [-0.2, 0) is 4.79 Å². The van der Waals surface area contributed by atoms with Crippen LogP contribution in [0.3, 0.4) is 0 Å². The van der Waals surface area contributed by atoms with Crippen LogP contribution in [0.15, 0.2) is 0 Å². The van der Waals surface area contributed by atoms with Gasteiger partial charge in [-0.1, -0.05) is 6.42 Å². The summed E-state index contributed by atoms with van der Waals surface area (Å²) in [5.74, 6) is 0.180. The first-order valence-electron chi connectivity index (χ1n) is 7.49. The Morgan fingerprint density at radius 1 is 1.21 bits per heavy atom. The van der Waals surface area contributed by atoms with Crippen LogP contribution in [0.25, 0.3) is 0 Å². The van der Waals surface area contributed by atoms with Gasteiger partial charge in [-0.2, -0.15) is 0 Å². The van der Waals surface area contributed by atoms with Gasteiger partial charge in [-0.3, -0.25) is 4.79 Å². The maximum Gasteiger partial charge on any atom is 0.227 e. The summed E-state index contributed by atoms with van der Waals surface area (Å²) >= 11 is 0. The molecule has 1 aliphatic carbocycles. The highest BCUT2D eigenvalue weighted by Crippen LogP contribution is 2.40. The molecule has 0 radical (unpaired) electrons. The molecule has 1 heterocycles. The van der Waals surface area contributed by atoms with Gasteiger partial charge in [0, 0.05) is 23.7 Å². The quantitative estimate of drug-likeness (QED) is 0.726. The lowest BCUT2D eigenvalue weighted by molar-refractivity contribution is -0.136. The third kappa shape index (κ3) is 3.11. The molecule has 1 aliphatic heterocycles. The van der Waals surface area contributed by atoms with Gasteiger partial charge in [0.15, 0.2) is 0 Å². The molecule has 1 saturated carbocycles. The van der Waals surface area contributed by atoms with Gasteiger partial charge in [-0.05, 0) is 53.4 Å². The van der Waals surface area contributed by atoms with E-state index < -0.39 is 0 Å². The normalized spacial score (nSPS) is 28.5. The Hall–Kier alpha value is -0.610. The molecule has 0 atom stereocenters. The van der Waals surface area contributed by atoms with Crippen LogP contribution in [-0.4, -0.2) is 29.6 Å². The summed E-state index contributed by atoms with van der Waals surface area (Å²) in [6.07, 6.45) is 4.99. The van der Waals surface area contributed by atoms with Crippen LogP contribution < -0.4 is 16.4 Å². The highest BCUT2D eigenvalue weighted by Gasteiger charge is 2.45. The molecule has 0 aromatic carbocycles. The van der Waals surface area contributed by atoms with Crippen molar-refractivity contribution in [2.75, 3.05) is 6.54 Å². The van der Waals surface area contributed by atoms with Gasteiger partial charge in [0.25, 0.3) is 0 Å². The molecule has 1 saturated heterocycles. The van der Waals surface area contributed by atoms with Crippen molar-refractivity contribution < 1.29 is 4.79 Å². The zero-order valence-electron chi connectivity index (χ0n) is 12.8. The molecule has 4 nitrogen and oxygen atoms in total. The number of carbonyl (C=O) groups excluding carboxylic acids is 1. The summed E-state index contributed by atoms with van der Waals surface area (Å²) in [7, 11) is 0. The molecule has 2 rings (SSSR count). The number of nitrogens with one attached hydrogen (secondary N) is 2. The van der Waals surface area contributed by atoms with Crippen molar-refractivity contribution in [1.29, 1.82) is 0 Å². The standard InChI is InChI=1S/C15H29N3O/c1-13(2)8-11(9-14(3,4)18-13)17-12(19)15(10-16)6-5-7-15/h11,18H,5-10,16H2,1-4H3,(H,17,19). The third-order valence-corrected chi connectivity index (χ3v) is 4.71. The van der Waals surface area contributed by atoms with Gasteiger partial charge in [0.1, 0.15) is 0 Å². The molecule has 0 aromatic heterocycles. The first-order valence-corrected chi connectivity index (χ1v) is 7.49. The molecular weight excluding hydrogens is 238 g/mol. The Morgan fingerprint density at radius 3 is 2.11 bits per heavy atom. The number of amides is 1. The van der Waals surface area contributed by atoms with E-state index in [-0.39, 0.29) is 28.4 Å². The largest absolute Gasteiger partial charge is 0.353 e. The molecule has 19 heavy (non-hydrogen) atoms. The molecule has 110 valence electrons. The van der Waals surface area contributed by atoms with E-state index in [9.17, 15) is 4.79 Å². The van der Waals surface area contributed by atoms with Gasteiger partial charge < -0.3 is 16.4 Å². The lowest BCUT2D eigenvalue weighted by Gasteiger charge is -2.48. The fourth-order valence-electron chi connectivity index (χ4n) is 3.89. The third-order valence-electron chi connectivity index (χ3n) is 4.71. The maximum absolute atomic E-state index is 12.5. The summed E-state index contributed by atoms with van der Waals surface area (Å²) in [6, 6.07) is 0.253. The molecule has 0 unspecified atom stereocenters. The molecule has 0 bridgehead atoms. The van der Waals surface area contributed by atoms with Gasteiger partial charge in [-0.25, -0.2) is 0 Å². The van der Waals surface area contributed by atoms with Crippen molar-refractivity contribution >= 4 is 5.91 Å². The molecule has 1 amide bonds. The van der Waals surface area contributed by atoms with Crippen LogP contribution >= 0.6 is 0 Å². The van der Waals surface area contributed by atoms with Crippen LogP contribution in [0.5, 0.6) is 0 Å². The van der Waals surface area contributed by atoms with Crippen molar-refractivity contribution in [3.63, 3.8) is 0 Å². The lowest BCUT2D eigenvalue weighted by atomic mass is 9.67. The summed E-state index contributed by atoms with van der Waals surface area (Å²) in [6.45, 7) is 9.30. The van der Waals surface area contributed by atoms with Gasteiger partial charge in [0.2, 0.25) is 5.91 Å². The van der Waals surface area contributed by atoms with Crippen molar-refractivity contribution in [2.45, 2.75) is 76.9 Å². The minimum atomic E-state index is -0.265. The Balaban J connectivity index is 2.00. The molecule has 4 N–H and O–H groups in total. The number of hydrogen-bond donors (Lipinski definition) is 3. The predicted octanol–water partition coefficient (Wildman–Crippen LogP) is 1.54. The minimum absolute atomic E-state index is 0.0647. The topological polar surface area (TPSA) is 67.2 Å². The number of hydrogen-bond acceptors (Lipinski definition) is 3. The highest BCUT2D eigenvalue weighted by atomic mass is 16.2. The Kier molecular flexibility index (Phi) is 3.69. The molecule has 2 fully saturated rings. The van der Waals surface area contributed by atoms with Gasteiger partial charge in [0.05, 0.1) is 5.41 Å². The van der Waals surface area contributed by atoms with Crippen molar-refractivity contribution in [1.82, 2.24) is 10.6 Å². The van der Waals surface area contributed by atoms with Crippen LogP contribution in [0.1, 0.15) is 59.8 Å². The van der Waals surface area contributed by atoms with E-state index >= 15 is 0 Å². The first kappa shape index (κ1) is 14.8. The van der Waals surface area contributed by atoms with E-state index in [2.05, 4.69) is 38.3 Å². The Morgan fingerprint density at radius 2 is 1.74 bits per heavy atom. The van der Waals surface area contributed by atoms with E-state index in [1.807, 2.05) is 0 Å². The van der Waals surface area contributed by atoms with E-state index in [0.717, 1.165) is 32.1 Å². The average Bonchev–Trinajstić information content (AvgIpc) is 2.10. The summed E-state index contributed by atoms with van der Waals surface area (Å²) in [4.78, 5) is 12.5. The second-order valence-corrected chi connectivity index (χ2v) is 7.81. The van der Waals surface area contributed by atoms with Crippen molar-refractivity contribution in [2.24, 2.45) is 11.1 Å². The second-order valence-electron chi connectivity index (χ2n) is 7.81. The van der Waals surface area contributed by atoms with Crippen LogP contribution in [0, 0.1) is 5.41 Å². The minimum Gasteiger partial charge on any atom is -0.353 e. The van der Waals surface area contributed by atoms with Crippen molar-refractivity contribution in [3.05, 3.63) is 0 Å². The molecule has 2 aliphatic rings. The van der Waals surface area contributed by atoms with Gasteiger partial charge >= 0.3 is 0 Å². The number of nitrogens with two attached hydrogens (primary N) is 1. The van der Waals surface area contributed by atoms with E-state index in [0.29, 0.717) is 6.54 Å². The fourth-order valence-corrected chi connectivity index (χ4v) is 3.89. The van der Waals surface area contributed by atoms with Crippen LogP contribution in [0.2, 0.25) is 0 Å². The second kappa shape index (κ2) is 4.74. The molecule has 4 heteroatoms. The highest BCUT2D eigenvalue weighted by molar-refractivity contribution is 5.84. The summed E-state index contributed by atoms with van der Waals surface area (Å²) in [5, 5.41) is 6.90. The maximum atomic E-state index is 12.5. The number of rotatable bonds is 3.